The van der Waals surface area contributed by atoms with Crippen LogP contribution in [0.5, 0.6) is 0 Å². The topological polar surface area (TPSA) is 29.3 Å². The molecule has 0 saturated heterocycles. The van der Waals surface area contributed by atoms with Crippen LogP contribution in [0, 0.1) is 11.7 Å². The molecule has 1 saturated carbocycles. The molecule has 3 heteroatoms. The number of anilines is 1. The van der Waals surface area contributed by atoms with Gasteiger partial charge in [0.25, 0.3) is 0 Å². The largest absolute Gasteiger partial charge is 0.398 e. The van der Waals surface area contributed by atoms with Gasteiger partial charge in [0, 0.05) is 23.8 Å². The molecule has 2 atom stereocenters. The highest BCUT2D eigenvalue weighted by molar-refractivity contribution is 5.47. The van der Waals surface area contributed by atoms with Crippen LogP contribution in [0.2, 0.25) is 0 Å². The Labute approximate surface area is 109 Å². The molecule has 1 aliphatic rings. The van der Waals surface area contributed by atoms with Gasteiger partial charge in [-0.3, -0.25) is 4.90 Å². The lowest BCUT2D eigenvalue weighted by molar-refractivity contribution is 0.132. The zero-order chi connectivity index (χ0) is 13.1. The van der Waals surface area contributed by atoms with Crippen LogP contribution in [0.25, 0.3) is 0 Å². The quantitative estimate of drug-likeness (QED) is 0.833. The summed E-state index contributed by atoms with van der Waals surface area (Å²) in [5, 5.41) is 0. The summed E-state index contributed by atoms with van der Waals surface area (Å²) >= 11 is 0. The average molecular weight is 250 g/mol. The molecule has 2 nitrogen and oxygen atoms in total. The summed E-state index contributed by atoms with van der Waals surface area (Å²) in [6.45, 7) is 2.90. The molecule has 1 aliphatic carbocycles. The highest BCUT2D eigenvalue weighted by Crippen LogP contribution is 2.29. The molecule has 0 heterocycles. The average Bonchev–Trinajstić information content (AvgIpc) is 2.34. The van der Waals surface area contributed by atoms with E-state index in [0.29, 0.717) is 29.8 Å². The Bertz CT molecular complexity index is 385. The van der Waals surface area contributed by atoms with E-state index in [0.717, 1.165) is 0 Å². The molecular weight excluding hydrogens is 227 g/mol. The van der Waals surface area contributed by atoms with Crippen molar-refractivity contribution in [2.24, 2.45) is 5.92 Å². The predicted octanol–water partition coefficient (Wildman–Crippen LogP) is 3.42. The van der Waals surface area contributed by atoms with Crippen LogP contribution in [0.4, 0.5) is 10.1 Å². The molecule has 0 aliphatic heterocycles. The van der Waals surface area contributed by atoms with Crippen molar-refractivity contribution in [1.82, 2.24) is 4.90 Å². The number of nitrogens with two attached hydrogens (primary N) is 1. The monoisotopic (exact) mass is 250 g/mol. The first-order valence-electron chi connectivity index (χ1n) is 6.82. The summed E-state index contributed by atoms with van der Waals surface area (Å²) in [6.07, 6.45) is 5.10. The Hall–Kier alpha value is -1.09. The van der Waals surface area contributed by atoms with E-state index in [9.17, 15) is 4.39 Å². The van der Waals surface area contributed by atoms with E-state index in [1.807, 2.05) is 0 Å². The molecule has 2 unspecified atom stereocenters. The molecule has 0 spiro atoms. The third-order valence-corrected chi connectivity index (χ3v) is 4.19. The maximum atomic E-state index is 13.8. The van der Waals surface area contributed by atoms with Crippen molar-refractivity contribution < 1.29 is 4.39 Å². The fraction of sp³-hybridized carbons (Fsp3) is 0.600. The minimum atomic E-state index is -0.190. The van der Waals surface area contributed by atoms with Crippen molar-refractivity contribution in [3.05, 3.63) is 29.6 Å². The van der Waals surface area contributed by atoms with Gasteiger partial charge in [0.2, 0.25) is 0 Å². The van der Waals surface area contributed by atoms with Crippen molar-refractivity contribution in [1.29, 1.82) is 0 Å². The lowest BCUT2D eigenvalue weighted by Gasteiger charge is -2.36. The first-order valence-corrected chi connectivity index (χ1v) is 6.82. The third-order valence-electron chi connectivity index (χ3n) is 4.19. The summed E-state index contributed by atoms with van der Waals surface area (Å²) in [5.41, 5.74) is 7.06. The highest BCUT2D eigenvalue weighted by atomic mass is 19.1. The summed E-state index contributed by atoms with van der Waals surface area (Å²) in [5.74, 6) is 0.502. The molecule has 0 amide bonds. The van der Waals surface area contributed by atoms with Crippen molar-refractivity contribution in [3.8, 4) is 0 Å². The van der Waals surface area contributed by atoms with Gasteiger partial charge in [0.15, 0.2) is 0 Å². The van der Waals surface area contributed by atoms with E-state index in [1.165, 1.54) is 31.7 Å². The number of rotatable bonds is 3. The summed E-state index contributed by atoms with van der Waals surface area (Å²) in [6, 6.07) is 5.48. The Balaban J connectivity index is 2.08. The van der Waals surface area contributed by atoms with E-state index in [-0.39, 0.29) is 5.82 Å². The van der Waals surface area contributed by atoms with Gasteiger partial charge in [-0.25, -0.2) is 4.39 Å². The van der Waals surface area contributed by atoms with E-state index in [1.54, 1.807) is 12.1 Å². The van der Waals surface area contributed by atoms with Gasteiger partial charge in [-0.1, -0.05) is 25.8 Å². The normalized spacial score (nSPS) is 24.4. The molecule has 0 aromatic heterocycles. The molecule has 2 rings (SSSR count). The van der Waals surface area contributed by atoms with Crippen molar-refractivity contribution >= 4 is 5.69 Å². The maximum Gasteiger partial charge on any atom is 0.129 e. The molecule has 1 aromatic rings. The van der Waals surface area contributed by atoms with Crippen LogP contribution in [0.3, 0.4) is 0 Å². The van der Waals surface area contributed by atoms with Gasteiger partial charge >= 0.3 is 0 Å². The van der Waals surface area contributed by atoms with Gasteiger partial charge in [-0.2, -0.15) is 0 Å². The summed E-state index contributed by atoms with van der Waals surface area (Å²) in [4.78, 5) is 2.26. The standard InChI is InChI=1S/C15H23FN2/c1-11-6-3-4-9-15(11)18(2)10-12-13(16)7-5-8-14(12)17/h5,7-8,11,15H,3-4,6,9-10,17H2,1-2H3. The Morgan fingerprint density at radius 1 is 1.33 bits per heavy atom. The Morgan fingerprint density at radius 2 is 2.06 bits per heavy atom. The SMILES string of the molecule is CC1CCCCC1N(C)Cc1c(N)cccc1F. The van der Waals surface area contributed by atoms with E-state index in [2.05, 4.69) is 18.9 Å². The molecule has 100 valence electrons. The van der Waals surface area contributed by atoms with Gasteiger partial charge < -0.3 is 5.73 Å². The number of halogens is 1. The number of hydrogen-bond acceptors (Lipinski definition) is 2. The second-order valence-electron chi connectivity index (χ2n) is 5.55. The zero-order valence-electron chi connectivity index (χ0n) is 11.3. The van der Waals surface area contributed by atoms with Crippen molar-refractivity contribution in [2.45, 2.75) is 45.2 Å². The van der Waals surface area contributed by atoms with Crippen molar-refractivity contribution in [3.63, 3.8) is 0 Å². The molecule has 1 aromatic carbocycles. The summed E-state index contributed by atoms with van der Waals surface area (Å²) < 4.78 is 13.8. The number of benzene rings is 1. The molecule has 1 fully saturated rings. The minimum Gasteiger partial charge on any atom is -0.398 e. The lowest BCUT2D eigenvalue weighted by atomic mass is 9.85. The minimum absolute atomic E-state index is 0.190. The Morgan fingerprint density at radius 3 is 2.72 bits per heavy atom. The lowest BCUT2D eigenvalue weighted by Crippen LogP contribution is -2.38. The number of nitrogen functional groups attached to an aromatic ring is 1. The van der Waals surface area contributed by atoms with E-state index >= 15 is 0 Å². The van der Waals surface area contributed by atoms with Crippen molar-refractivity contribution in [2.75, 3.05) is 12.8 Å². The third kappa shape index (κ3) is 2.83. The fourth-order valence-corrected chi connectivity index (χ4v) is 3.06. The zero-order valence-corrected chi connectivity index (χ0v) is 11.3. The molecule has 18 heavy (non-hydrogen) atoms. The second-order valence-corrected chi connectivity index (χ2v) is 5.55. The van der Waals surface area contributed by atoms with Crippen LogP contribution >= 0.6 is 0 Å². The fourth-order valence-electron chi connectivity index (χ4n) is 3.06. The van der Waals surface area contributed by atoms with Crippen LogP contribution in [0.1, 0.15) is 38.2 Å². The predicted molar refractivity (Wildman–Crippen MR) is 73.7 cm³/mol. The molecule has 0 bridgehead atoms. The van der Waals surface area contributed by atoms with E-state index < -0.39 is 0 Å². The van der Waals surface area contributed by atoms with Crippen LogP contribution in [-0.4, -0.2) is 18.0 Å². The molecule has 2 N–H and O–H groups in total. The van der Waals surface area contributed by atoms with E-state index in [4.69, 9.17) is 5.73 Å². The first kappa shape index (κ1) is 13.3. The first-order chi connectivity index (χ1) is 8.59. The maximum absolute atomic E-state index is 13.8. The van der Waals surface area contributed by atoms with Gasteiger partial charge in [0.1, 0.15) is 5.82 Å². The summed E-state index contributed by atoms with van der Waals surface area (Å²) in [7, 11) is 2.08. The second kappa shape index (κ2) is 5.70. The highest BCUT2D eigenvalue weighted by Gasteiger charge is 2.25. The van der Waals surface area contributed by atoms with Crippen LogP contribution < -0.4 is 5.73 Å². The number of hydrogen-bond donors (Lipinski definition) is 1. The molecular formula is C15H23FN2. The van der Waals surface area contributed by atoms with Crippen LogP contribution in [-0.2, 0) is 6.54 Å². The van der Waals surface area contributed by atoms with Gasteiger partial charge in [-0.15, -0.1) is 0 Å². The smallest absolute Gasteiger partial charge is 0.129 e. The van der Waals surface area contributed by atoms with Gasteiger partial charge in [-0.05, 0) is 37.9 Å². The molecule has 0 radical (unpaired) electrons. The number of nitrogens with zero attached hydrogens (tertiary/aromatic N) is 1. The Kier molecular flexibility index (Phi) is 4.23. The van der Waals surface area contributed by atoms with Gasteiger partial charge in [0.05, 0.1) is 0 Å². The van der Waals surface area contributed by atoms with Crippen LogP contribution in [0.15, 0.2) is 18.2 Å².